The highest BCUT2D eigenvalue weighted by atomic mass is 16.5. The van der Waals surface area contributed by atoms with E-state index < -0.39 is 24.1 Å². The quantitative estimate of drug-likeness (QED) is 0.665. The Labute approximate surface area is 155 Å². The summed E-state index contributed by atoms with van der Waals surface area (Å²) in [4.78, 5) is 22.4. The van der Waals surface area contributed by atoms with E-state index in [1.165, 1.54) is 12.1 Å². The SMILES string of the molecule is CC(C)COC(=O)c1ccccc1C(=O)O.CC(O)CC(O)C(C)(C)C. The third-order valence-electron chi connectivity index (χ3n) is 3.49. The predicted octanol–water partition coefficient (Wildman–Crippen LogP) is 3.36. The molecule has 0 aliphatic carbocycles. The highest BCUT2D eigenvalue weighted by molar-refractivity contribution is 6.02. The third-order valence-corrected chi connectivity index (χ3v) is 3.49. The Morgan fingerprint density at radius 3 is 1.88 bits per heavy atom. The van der Waals surface area contributed by atoms with Gasteiger partial charge in [0.1, 0.15) is 0 Å². The number of carbonyl (C=O) groups is 2. The molecule has 0 saturated carbocycles. The molecule has 0 aromatic heterocycles. The summed E-state index contributed by atoms with van der Waals surface area (Å²) in [6, 6.07) is 6.02. The zero-order valence-corrected chi connectivity index (χ0v) is 16.5. The second-order valence-electron chi connectivity index (χ2n) is 7.81. The molecule has 0 aliphatic rings. The Bertz CT molecular complexity index is 572. The standard InChI is InChI=1S/C12H14O4.C8H18O2/c1-8(2)7-16-12(15)10-6-4-3-5-9(10)11(13)14;1-6(9)5-7(10)8(2,3)4/h3-6,8H,7H2,1-2H3,(H,13,14);6-7,9-10H,5H2,1-4H3. The summed E-state index contributed by atoms with van der Waals surface area (Å²) in [5.74, 6) is -1.50. The van der Waals surface area contributed by atoms with Crippen LogP contribution < -0.4 is 0 Å². The minimum atomic E-state index is -1.13. The second kappa shape index (κ2) is 10.9. The van der Waals surface area contributed by atoms with Crippen molar-refractivity contribution in [2.75, 3.05) is 6.61 Å². The number of carboxylic acid groups (broad SMARTS) is 1. The first-order valence-corrected chi connectivity index (χ1v) is 8.71. The van der Waals surface area contributed by atoms with E-state index in [-0.39, 0.29) is 29.1 Å². The number of carbonyl (C=O) groups excluding carboxylic acids is 1. The molecule has 26 heavy (non-hydrogen) atoms. The monoisotopic (exact) mass is 368 g/mol. The van der Waals surface area contributed by atoms with E-state index in [2.05, 4.69) is 0 Å². The minimum absolute atomic E-state index is 0.0312. The van der Waals surface area contributed by atoms with Gasteiger partial charge in [0, 0.05) is 0 Å². The zero-order chi connectivity index (χ0) is 20.5. The van der Waals surface area contributed by atoms with Crippen LogP contribution in [0.25, 0.3) is 0 Å². The normalized spacial score (nSPS) is 13.4. The highest BCUT2D eigenvalue weighted by Gasteiger charge is 2.22. The van der Waals surface area contributed by atoms with Crippen LogP contribution in [0.15, 0.2) is 24.3 Å². The summed E-state index contributed by atoms with van der Waals surface area (Å²) in [5, 5.41) is 27.2. The highest BCUT2D eigenvalue weighted by Crippen LogP contribution is 2.22. The van der Waals surface area contributed by atoms with E-state index >= 15 is 0 Å². The van der Waals surface area contributed by atoms with Gasteiger partial charge in [-0.2, -0.15) is 0 Å². The largest absolute Gasteiger partial charge is 0.478 e. The van der Waals surface area contributed by atoms with Crippen molar-refractivity contribution in [2.24, 2.45) is 11.3 Å². The van der Waals surface area contributed by atoms with Crippen molar-refractivity contribution >= 4 is 11.9 Å². The number of esters is 1. The lowest BCUT2D eigenvalue weighted by Gasteiger charge is -2.26. The molecule has 2 atom stereocenters. The van der Waals surface area contributed by atoms with E-state index in [1.54, 1.807) is 19.1 Å². The summed E-state index contributed by atoms with van der Waals surface area (Å²) in [7, 11) is 0. The van der Waals surface area contributed by atoms with Gasteiger partial charge in [0.05, 0.1) is 29.9 Å². The molecule has 0 amide bonds. The van der Waals surface area contributed by atoms with Crippen LogP contribution in [-0.4, -0.2) is 46.1 Å². The molecular weight excluding hydrogens is 336 g/mol. The van der Waals surface area contributed by atoms with Crippen LogP contribution in [0, 0.1) is 11.3 Å². The summed E-state index contributed by atoms with van der Waals surface area (Å²) < 4.78 is 4.98. The van der Waals surface area contributed by atoms with Crippen molar-refractivity contribution in [3.63, 3.8) is 0 Å². The van der Waals surface area contributed by atoms with Crippen LogP contribution in [-0.2, 0) is 4.74 Å². The van der Waals surface area contributed by atoms with Crippen LogP contribution in [0.1, 0.15) is 68.7 Å². The van der Waals surface area contributed by atoms with Gasteiger partial charge in [0.2, 0.25) is 0 Å². The smallest absolute Gasteiger partial charge is 0.339 e. The topological polar surface area (TPSA) is 104 Å². The molecule has 0 heterocycles. The molecule has 0 spiro atoms. The Morgan fingerprint density at radius 1 is 1.04 bits per heavy atom. The number of rotatable bonds is 6. The van der Waals surface area contributed by atoms with Crippen molar-refractivity contribution < 1.29 is 29.6 Å². The maximum absolute atomic E-state index is 11.6. The number of benzene rings is 1. The van der Waals surface area contributed by atoms with Gasteiger partial charge < -0.3 is 20.1 Å². The first kappa shape index (κ1) is 24.1. The molecule has 1 rings (SSSR count). The van der Waals surface area contributed by atoms with Crippen LogP contribution in [0.3, 0.4) is 0 Å². The van der Waals surface area contributed by atoms with Gasteiger partial charge in [-0.05, 0) is 36.8 Å². The fourth-order valence-electron chi connectivity index (χ4n) is 1.84. The van der Waals surface area contributed by atoms with Crippen molar-refractivity contribution in [2.45, 2.75) is 60.2 Å². The molecule has 0 aliphatic heterocycles. The minimum Gasteiger partial charge on any atom is -0.478 e. The first-order valence-electron chi connectivity index (χ1n) is 8.71. The maximum atomic E-state index is 11.6. The van der Waals surface area contributed by atoms with Gasteiger partial charge in [-0.25, -0.2) is 9.59 Å². The van der Waals surface area contributed by atoms with Gasteiger partial charge in [-0.1, -0.05) is 46.8 Å². The van der Waals surface area contributed by atoms with Gasteiger partial charge >= 0.3 is 11.9 Å². The van der Waals surface area contributed by atoms with Crippen LogP contribution in [0.5, 0.6) is 0 Å². The van der Waals surface area contributed by atoms with Crippen molar-refractivity contribution in [1.29, 1.82) is 0 Å². The van der Waals surface area contributed by atoms with E-state index in [0.717, 1.165) is 0 Å². The number of ether oxygens (including phenoxy) is 1. The summed E-state index contributed by atoms with van der Waals surface area (Å²) >= 11 is 0. The number of aliphatic hydroxyl groups excluding tert-OH is 2. The molecule has 3 N–H and O–H groups in total. The molecule has 148 valence electrons. The number of carboxylic acids is 1. The Hall–Kier alpha value is -1.92. The molecule has 0 fully saturated rings. The van der Waals surface area contributed by atoms with E-state index in [1.807, 2.05) is 34.6 Å². The van der Waals surface area contributed by atoms with E-state index in [4.69, 9.17) is 14.9 Å². The molecule has 2 unspecified atom stereocenters. The summed E-state index contributed by atoms with van der Waals surface area (Å²) in [6.07, 6.45) is -0.356. The predicted molar refractivity (Wildman–Crippen MR) is 100 cm³/mol. The fraction of sp³-hybridized carbons (Fsp3) is 0.600. The van der Waals surface area contributed by atoms with Crippen LogP contribution in [0.2, 0.25) is 0 Å². The fourth-order valence-corrected chi connectivity index (χ4v) is 1.84. The second-order valence-corrected chi connectivity index (χ2v) is 7.81. The molecule has 1 aromatic carbocycles. The maximum Gasteiger partial charge on any atom is 0.339 e. The van der Waals surface area contributed by atoms with Gasteiger partial charge in [0.15, 0.2) is 0 Å². The molecule has 0 saturated heterocycles. The van der Waals surface area contributed by atoms with Gasteiger partial charge in [0.25, 0.3) is 0 Å². The molecule has 1 aromatic rings. The summed E-state index contributed by atoms with van der Waals surface area (Å²) in [5.41, 5.74) is -0.0521. The van der Waals surface area contributed by atoms with Crippen molar-refractivity contribution in [3.05, 3.63) is 35.4 Å². The number of hydrogen-bond acceptors (Lipinski definition) is 5. The van der Waals surface area contributed by atoms with Gasteiger partial charge in [-0.3, -0.25) is 0 Å². The molecule has 0 radical (unpaired) electrons. The summed E-state index contributed by atoms with van der Waals surface area (Å²) in [6.45, 7) is 11.7. The van der Waals surface area contributed by atoms with Gasteiger partial charge in [-0.15, -0.1) is 0 Å². The third kappa shape index (κ3) is 9.53. The average molecular weight is 368 g/mol. The molecular formula is C20H32O6. The Balaban J connectivity index is 0.000000541. The number of hydrogen-bond donors (Lipinski definition) is 3. The van der Waals surface area contributed by atoms with Crippen molar-refractivity contribution in [3.8, 4) is 0 Å². The number of aliphatic hydroxyl groups is 2. The van der Waals surface area contributed by atoms with E-state index in [0.29, 0.717) is 6.42 Å². The zero-order valence-electron chi connectivity index (χ0n) is 16.5. The Morgan fingerprint density at radius 2 is 1.54 bits per heavy atom. The lowest BCUT2D eigenvalue weighted by Crippen LogP contribution is -2.29. The molecule has 6 heteroatoms. The van der Waals surface area contributed by atoms with E-state index in [9.17, 15) is 14.7 Å². The number of aromatic carboxylic acids is 1. The van der Waals surface area contributed by atoms with Crippen LogP contribution >= 0.6 is 0 Å². The van der Waals surface area contributed by atoms with Crippen molar-refractivity contribution in [1.82, 2.24) is 0 Å². The Kier molecular flexibility index (Phi) is 10.1. The molecule has 6 nitrogen and oxygen atoms in total. The molecule has 0 bridgehead atoms. The lowest BCUT2D eigenvalue weighted by molar-refractivity contribution is 0.0188. The first-order chi connectivity index (χ1) is 11.9. The van der Waals surface area contributed by atoms with Crippen LogP contribution in [0.4, 0.5) is 0 Å². The average Bonchev–Trinajstić information content (AvgIpc) is 2.51. The lowest BCUT2D eigenvalue weighted by atomic mass is 9.86.